The van der Waals surface area contributed by atoms with Crippen LogP contribution in [0.5, 0.6) is 5.75 Å². The van der Waals surface area contributed by atoms with Crippen LogP contribution in [0.4, 0.5) is 0 Å². The number of nitrogens with one attached hydrogen (secondary N) is 1. The van der Waals surface area contributed by atoms with E-state index in [0.717, 1.165) is 16.6 Å². The lowest BCUT2D eigenvalue weighted by Gasteiger charge is -2.17. The van der Waals surface area contributed by atoms with Crippen molar-refractivity contribution in [1.82, 2.24) is 9.55 Å². The first-order chi connectivity index (χ1) is 13.3. The second-order valence-electron chi connectivity index (χ2n) is 6.73. The van der Waals surface area contributed by atoms with Gasteiger partial charge in [-0.2, -0.15) is 0 Å². The molecule has 0 amide bonds. The fraction of sp³-hybridized carbons (Fsp3) is 0.227. The number of nitrogens with zero attached hydrogens (tertiary/aromatic N) is 2. The zero-order valence-corrected chi connectivity index (χ0v) is 16.4. The van der Waals surface area contributed by atoms with Crippen LogP contribution in [0.2, 0.25) is 0 Å². The highest BCUT2D eigenvalue weighted by Gasteiger charge is 2.18. The van der Waals surface area contributed by atoms with E-state index in [1.807, 2.05) is 31.2 Å². The first-order valence-corrected chi connectivity index (χ1v) is 8.91. The van der Waals surface area contributed by atoms with Gasteiger partial charge in [-0.1, -0.05) is 6.07 Å². The molecule has 0 aliphatic rings. The van der Waals surface area contributed by atoms with Gasteiger partial charge in [-0.3, -0.25) is 9.78 Å². The normalized spacial score (nSPS) is 12.0. The predicted molar refractivity (Wildman–Crippen MR) is 111 cm³/mol. The van der Waals surface area contributed by atoms with Crippen molar-refractivity contribution in [3.05, 3.63) is 75.5 Å². The second-order valence-corrected chi connectivity index (χ2v) is 6.73. The molecule has 2 heterocycles. The lowest BCUT2D eigenvalue weighted by atomic mass is 9.96. The molecule has 3 aromatic rings. The zero-order valence-electron chi connectivity index (χ0n) is 16.4. The first kappa shape index (κ1) is 19.4. The monoisotopic (exact) mass is 377 g/mol. The van der Waals surface area contributed by atoms with Gasteiger partial charge in [-0.25, -0.2) is 0 Å². The van der Waals surface area contributed by atoms with Gasteiger partial charge in [-0.15, -0.1) is 0 Å². The second kappa shape index (κ2) is 7.68. The van der Waals surface area contributed by atoms with Gasteiger partial charge < -0.3 is 19.8 Å². The van der Waals surface area contributed by atoms with E-state index in [4.69, 9.17) is 10.1 Å². The van der Waals surface area contributed by atoms with E-state index in [1.165, 1.54) is 7.11 Å². The molecular weight excluding hydrogens is 354 g/mol. The van der Waals surface area contributed by atoms with Crippen molar-refractivity contribution in [3.63, 3.8) is 0 Å². The maximum atomic E-state index is 12.7. The summed E-state index contributed by atoms with van der Waals surface area (Å²) in [7, 11) is 1.53. The van der Waals surface area contributed by atoms with Crippen molar-refractivity contribution in [2.45, 2.75) is 27.3 Å². The van der Waals surface area contributed by atoms with Gasteiger partial charge in [0.15, 0.2) is 0 Å². The molecule has 0 spiro atoms. The van der Waals surface area contributed by atoms with Crippen LogP contribution in [0.1, 0.15) is 30.7 Å². The molecular formula is C22H23N3O3. The Labute approximate surface area is 163 Å². The minimum atomic E-state index is -0.122. The fourth-order valence-corrected chi connectivity index (χ4v) is 3.42. The Morgan fingerprint density at radius 2 is 2.00 bits per heavy atom. The predicted octanol–water partition coefficient (Wildman–Crippen LogP) is 4.09. The molecule has 0 aliphatic carbocycles. The fourth-order valence-electron chi connectivity index (χ4n) is 3.42. The van der Waals surface area contributed by atoms with E-state index in [2.05, 4.69) is 4.98 Å². The molecule has 0 aliphatic heterocycles. The van der Waals surface area contributed by atoms with E-state index in [-0.39, 0.29) is 17.0 Å². The molecule has 0 fully saturated rings. The first-order valence-electron chi connectivity index (χ1n) is 8.91. The van der Waals surface area contributed by atoms with E-state index >= 15 is 0 Å². The number of fused-ring (bicyclic) bond motifs is 1. The highest BCUT2D eigenvalue weighted by molar-refractivity contribution is 6.23. The number of hydrogen-bond acceptors (Lipinski definition) is 5. The summed E-state index contributed by atoms with van der Waals surface area (Å²) in [6, 6.07) is 10.8. The Morgan fingerprint density at radius 1 is 1.25 bits per heavy atom. The summed E-state index contributed by atoms with van der Waals surface area (Å²) in [5, 5.41) is 19.0. The van der Waals surface area contributed by atoms with Crippen LogP contribution >= 0.6 is 0 Å². The molecule has 0 unspecified atom stereocenters. The van der Waals surface area contributed by atoms with E-state index in [1.54, 1.807) is 36.7 Å². The SMILES string of the molecule is COc1cc2c(cc1/C(C(C)=N)=C(\C)O)c(C)cc(=O)n2Cc1ccccn1. The minimum Gasteiger partial charge on any atom is -0.512 e. The summed E-state index contributed by atoms with van der Waals surface area (Å²) in [4.78, 5) is 17.0. The summed E-state index contributed by atoms with van der Waals surface area (Å²) in [6.07, 6.45) is 1.70. The quantitative estimate of drug-likeness (QED) is 0.518. The van der Waals surface area contributed by atoms with Gasteiger partial charge in [-0.05, 0) is 44.5 Å². The number of aryl methyl sites for hydroxylation is 1. The molecule has 0 bridgehead atoms. The Hall–Kier alpha value is -3.41. The summed E-state index contributed by atoms with van der Waals surface area (Å²) in [5.41, 5.74) is 3.46. The maximum absolute atomic E-state index is 12.7. The highest BCUT2D eigenvalue weighted by Crippen LogP contribution is 2.33. The topological polar surface area (TPSA) is 88.2 Å². The van der Waals surface area contributed by atoms with Crippen molar-refractivity contribution >= 4 is 22.2 Å². The van der Waals surface area contributed by atoms with Crippen LogP contribution in [-0.4, -0.2) is 27.5 Å². The number of aromatic nitrogens is 2. The third kappa shape index (κ3) is 3.53. The molecule has 3 rings (SSSR count). The van der Waals surface area contributed by atoms with Crippen LogP contribution in [0, 0.1) is 12.3 Å². The van der Waals surface area contributed by atoms with Crippen LogP contribution in [0.15, 0.2) is 53.1 Å². The number of aliphatic hydroxyl groups is 1. The summed E-state index contributed by atoms with van der Waals surface area (Å²) in [5.74, 6) is 0.534. The van der Waals surface area contributed by atoms with Crippen molar-refractivity contribution < 1.29 is 9.84 Å². The van der Waals surface area contributed by atoms with Gasteiger partial charge in [0.1, 0.15) is 5.75 Å². The van der Waals surface area contributed by atoms with Gasteiger partial charge >= 0.3 is 0 Å². The third-order valence-corrected chi connectivity index (χ3v) is 4.69. The number of rotatable bonds is 5. The van der Waals surface area contributed by atoms with Gasteiger partial charge in [0, 0.05) is 40.6 Å². The lowest BCUT2D eigenvalue weighted by molar-refractivity contribution is 0.409. The number of pyridine rings is 2. The molecule has 144 valence electrons. The number of methoxy groups -OCH3 is 1. The molecule has 1 aromatic carbocycles. The van der Waals surface area contributed by atoms with Crippen molar-refractivity contribution in [3.8, 4) is 5.75 Å². The van der Waals surface area contributed by atoms with Crippen molar-refractivity contribution in [1.29, 1.82) is 5.41 Å². The number of hydrogen-bond donors (Lipinski definition) is 2. The van der Waals surface area contributed by atoms with Crippen LogP contribution in [0.25, 0.3) is 16.5 Å². The zero-order chi connectivity index (χ0) is 20.4. The lowest BCUT2D eigenvalue weighted by Crippen LogP contribution is -2.21. The Morgan fingerprint density at radius 3 is 2.57 bits per heavy atom. The molecule has 0 saturated heterocycles. The molecule has 0 radical (unpaired) electrons. The molecule has 28 heavy (non-hydrogen) atoms. The van der Waals surface area contributed by atoms with Crippen LogP contribution in [0.3, 0.4) is 0 Å². The van der Waals surface area contributed by atoms with Gasteiger partial charge in [0.25, 0.3) is 5.56 Å². The molecule has 6 heteroatoms. The molecule has 6 nitrogen and oxygen atoms in total. The Kier molecular flexibility index (Phi) is 5.31. The molecule has 2 aromatic heterocycles. The third-order valence-electron chi connectivity index (χ3n) is 4.69. The van der Waals surface area contributed by atoms with Gasteiger partial charge in [0.05, 0.1) is 30.6 Å². The number of ether oxygens (including phenoxy) is 1. The number of aliphatic hydroxyl groups excluding tert-OH is 1. The summed E-state index contributed by atoms with van der Waals surface area (Å²) >= 11 is 0. The molecule has 0 saturated carbocycles. The van der Waals surface area contributed by atoms with Crippen molar-refractivity contribution in [2.75, 3.05) is 7.11 Å². The molecule has 0 atom stereocenters. The summed E-state index contributed by atoms with van der Waals surface area (Å²) < 4.78 is 7.20. The Bertz CT molecular complexity index is 1140. The van der Waals surface area contributed by atoms with Gasteiger partial charge in [0.2, 0.25) is 0 Å². The highest BCUT2D eigenvalue weighted by atomic mass is 16.5. The van der Waals surface area contributed by atoms with E-state index < -0.39 is 0 Å². The van der Waals surface area contributed by atoms with E-state index in [0.29, 0.717) is 28.9 Å². The summed E-state index contributed by atoms with van der Waals surface area (Å²) in [6.45, 7) is 5.38. The number of benzene rings is 1. The Balaban J connectivity index is 2.33. The standard InChI is InChI=1S/C22H23N3O3/c1-13-9-21(27)25(12-16-7-5-6-8-24-16)19-11-20(28-4)18(10-17(13)19)22(14(2)23)15(3)26/h5-11,23,26H,12H2,1-4H3/b22-15+,23-14?. The average molecular weight is 377 g/mol. The number of allylic oxidation sites excluding steroid dienone is 2. The maximum Gasteiger partial charge on any atom is 0.251 e. The van der Waals surface area contributed by atoms with Crippen LogP contribution < -0.4 is 10.3 Å². The largest absolute Gasteiger partial charge is 0.512 e. The minimum absolute atomic E-state index is 0.0459. The molecule has 2 N–H and O–H groups in total. The van der Waals surface area contributed by atoms with E-state index in [9.17, 15) is 9.90 Å². The van der Waals surface area contributed by atoms with Crippen molar-refractivity contribution in [2.24, 2.45) is 0 Å². The smallest absolute Gasteiger partial charge is 0.251 e. The van der Waals surface area contributed by atoms with Crippen LogP contribution in [-0.2, 0) is 6.54 Å². The average Bonchev–Trinajstić information content (AvgIpc) is 2.65.